The summed E-state index contributed by atoms with van der Waals surface area (Å²) in [6, 6.07) is 13.5. The molecule has 0 fully saturated rings. The summed E-state index contributed by atoms with van der Waals surface area (Å²) in [5.41, 5.74) is 2.56. The highest BCUT2D eigenvalue weighted by molar-refractivity contribution is 6.07. The minimum atomic E-state index is -0.625. The first kappa shape index (κ1) is 21.5. The van der Waals surface area contributed by atoms with Crippen LogP contribution in [-0.2, 0) is 16.0 Å². The Bertz CT molecular complexity index is 1320. The maximum atomic E-state index is 13.0. The van der Waals surface area contributed by atoms with Crippen molar-refractivity contribution in [1.82, 2.24) is 14.8 Å². The predicted molar refractivity (Wildman–Crippen MR) is 122 cm³/mol. The third-order valence-corrected chi connectivity index (χ3v) is 4.80. The molecule has 0 radical (unpaired) electrons. The fraction of sp³-hybridized carbons (Fsp3) is 0.280. The number of para-hydroxylation sites is 1. The minimum absolute atomic E-state index is 0.299. The topological polar surface area (TPSA) is 83.3 Å². The summed E-state index contributed by atoms with van der Waals surface area (Å²) < 4.78 is 12.3. The van der Waals surface area contributed by atoms with Crippen molar-refractivity contribution in [2.24, 2.45) is 0 Å². The molecule has 7 heteroatoms. The van der Waals surface area contributed by atoms with Crippen LogP contribution in [0.5, 0.6) is 0 Å². The molecule has 0 amide bonds. The van der Waals surface area contributed by atoms with Crippen molar-refractivity contribution in [3.05, 3.63) is 71.5 Å². The van der Waals surface area contributed by atoms with Crippen molar-refractivity contribution in [1.29, 1.82) is 0 Å². The molecule has 2 aromatic carbocycles. The Kier molecular flexibility index (Phi) is 5.65. The molecule has 0 aliphatic heterocycles. The van der Waals surface area contributed by atoms with Crippen LogP contribution in [-0.4, -0.2) is 38.9 Å². The summed E-state index contributed by atoms with van der Waals surface area (Å²) in [6.45, 7) is 7.93. The summed E-state index contributed by atoms with van der Waals surface area (Å²) in [6.07, 6.45) is 3.10. The van der Waals surface area contributed by atoms with E-state index in [1.54, 1.807) is 23.9 Å². The molecule has 0 saturated heterocycles. The van der Waals surface area contributed by atoms with Crippen molar-refractivity contribution in [3.8, 4) is 0 Å². The molecule has 7 nitrogen and oxygen atoms in total. The zero-order chi connectivity index (χ0) is 22.9. The van der Waals surface area contributed by atoms with Crippen LogP contribution in [0.2, 0.25) is 0 Å². The second-order valence-electron chi connectivity index (χ2n) is 8.54. The number of fused-ring (bicyclic) bond motifs is 2. The largest absolute Gasteiger partial charge is 0.462 e. The molecule has 0 saturated carbocycles. The van der Waals surface area contributed by atoms with Gasteiger partial charge in [-0.05, 0) is 57.5 Å². The fourth-order valence-electron chi connectivity index (χ4n) is 3.49. The Morgan fingerprint density at radius 3 is 2.56 bits per heavy atom. The van der Waals surface area contributed by atoms with Gasteiger partial charge in [-0.1, -0.05) is 18.2 Å². The first-order chi connectivity index (χ1) is 15.2. The van der Waals surface area contributed by atoms with E-state index in [0.717, 1.165) is 21.9 Å². The molecule has 2 heterocycles. The number of hydrogen-bond acceptors (Lipinski definition) is 6. The molecule has 164 valence electrons. The van der Waals surface area contributed by atoms with Gasteiger partial charge in [0.1, 0.15) is 5.60 Å². The average molecular weight is 431 g/mol. The molecule has 4 aromatic rings. The Balaban J connectivity index is 1.78. The van der Waals surface area contributed by atoms with Gasteiger partial charge < -0.3 is 9.47 Å². The van der Waals surface area contributed by atoms with Crippen LogP contribution in [0.25, 0.3) is 21.8 Å². The highest BCUT2D eigenvalue weighted by Gasteiger charge is 2.21. The molecule has 0 aliphatic carbocycles. The first-order valence-corrected chi connectivity index (χ1v) is 10.5. The molecular formula is C25H25N3O4. The number of aromatic nitrogens is 3. The van der Waals surface area contributed by atoms with Gasteiger partial charge in [0, 0.05) is 17.0 Å². The lowest BCUT2D eigenvalue weighted by molar-refractivity contribution is 0.00714. The molecule has 0 aliphatic rings. The normalized spacial score (nSPS) is 11.6. The average Bonchev–Trinajstić information content (AvgIpc) is 3.19. The number of rotatable bonds is 5. The maximum Gasteiger partial charge on any atom is 0.341 e. The van der Waals surface area contributed by atoms with Crippen LogP contribution in [0.3, 0.4) is 0 Å². The Hall–Kier alpha value is -3.74. The van der Waals surface area contributed by atoms with E-state index in [1.807, 2.05) is 57.2 Å². The minimum Gasteiger partial charge on any atom is -0.462 e. The van der Waals surface area contributed by atoms with Crippen molar-refractivity contribution in [2.75, 3.05) is 6.61 Å². The lowest BCUT2D eigenvalue weighted by atomic mass is 10.0. The van der Waals surface area contributed by atoms with E-state index in [-0.39, 0.29) is 0 Å². The van der Waals surface area contributed by atoms with Crippen LogP contribution in [0.15, 0.2) is 54.9 Å². The van der Waals surface area contributed by atoms with E-state index in [0.29, 0.717) is 29.8 Å². The van der Waals surface area contributed by atoms with Crippen LogP contribution in [0, 0.1) is 0 Å². The first-order valence-electron chi connectivity index (χ1n) is 10.5. The highest BCUT2D eigenvalue weighted by atomic mass is 16.6. The number of nitrogens with zero attached hydrogens (tertiary/aromatic N) is 3. The summed E-state index contributed by atoms with van der Waals surface area (Å²) >= 11 is 0. The van der Waals surface area contributed by atoms with Gasteiger partial charge in [-0.2, -0.15) is 5.10 Å². The molecule has 32 heavy (non-hydrogen) atoms. The molecule has 0 N–H and O–H groups in total. The quantitative estimate of drug-likeness (QED) is 0.334. The van der Waals surface area contributed by atoms with Crippen molar-refractivity contribution >= 4 is 33.7 Å². The van der Waals surface area contributed by atoms with E-state index in [9.17, 15) is 9.59 Å². The molecular weight excluding hydrogens is 406 g/mol. The zero-order valence-corrected chi connectivity index (χ0v) is 18.6. The highest BCUT2D eigenvalue weighted by Crippen LogP contribution is 2.27. The molecule has 0 bridgehead atoms. The standard InChI is InChI=1S/C25H25N3O4/c1-5-31-23(29)18-13-26-28(15-18)14-16-10-20(24(30)32-25(2,3)4)19-12-17-8-6-7-9-21(17)27-22(19)11-16/h6-13,15H,5,14H2,1-4H3. The number of hydrogen-bond donors (Lipinski definition) is 0. The van der Waals surface area contributed by atoms with Gasteiger partial charge in [0.05, 0.1) is 41.5 Å². The van der Waals surface area contributed by atoms with E-state index >= 15 is 0 Å². The van der Waals surface area contributed by atoms with Gasteiger partial charge in [-0.15, -0.1) is 0 Å². The zero-order valence-electron chi connectivity index (χ0n) is 18.6. The van der Waals surface area contributed by atoms with Crippen molar-refractivity contribution in [3.63, 3.8) is 0 Å². The van der Waals surface area contributed by atoms with E-state index < -0.39 is 17.5 Å². The monoisotopic (exact) mass is 431 g/mol. The SMILES string of the molecule is CCOC(=O)c1cnn(Cc2cc(C(=O)OC(C)(C)C)c3cc4ccccc4nc3c2)c1. The second kappa shape index (κ2) is 8.42. The second-order valence-corrected chi connectivity index (χ2v) is 8.54. The summed E-state index contributed by atoms with van der Waals surface area (Å²) in [5.74, 6) is -0.825. The third-order valence-electron chi connectivity index (χ3n) is 4.80. The molecule has 0 spiro atoms. The van der Waals surface area contributed by atoms with Crippen molar-refractivity contribution < 1.29 is 19.1 Å². The number of benzene rings is 2. The maximum absolute atomic E-state index is 13.0. The fourth-order valence-corrected chi connectivity index (χ4v) is 3.49. The van der Waals surface area contributed by atoms with Gasteiger partial charge in [-0.3, -0.25) is 4.68 Å². The summed E-state index contributed by atoms with van der Waals surface area (Å²) in [4.78, 5) is 29.8. The molecule has 0 unspecified atom stereocenters. The molecule has 4 rings (SSSR count). The third kappa shape index (κ3) is 4.61. The van der Waals surface area contributed by atoms with Crippen LogP contribution in [0.1, 0.15) is 54.0 Å². The van der Waals surface area contributed by atoms with Gasteiger partial charge >= 0.3 is 11.9 Å². The van der Waals surface area contributed by atoms with E-state index in [1.165, 1.54) is 6.20 Å². The Morgan fingerprint density at radius 1 is 1.03 bits per heavy atom. The lowest BCUT2D eigenvalue weighted by Crippen LogP contribution is -2.24. The summed E-state index contributed by atoms with van der Waals surface area (Å²) in [7, 11) is 0. The Morgan fingerprint density at radius 2 is 1.81 bits per heavy atom. The smallest absolute Gasteiger partial charge is 0.341 e. The molecule has 2 aromatic heterocycles. The van der Waals surface area contributed by atoms with Crippen LogP contribution < -0.4 is 0 Å². The van der Waals surface area contributed by atoms with E-state index in [2.05, 4.69) is 5.10 Å². The number of carbonyl (C=O) groups excluding carboxylic acids is 2. The van der Waals surface area contributed by atoms with Crippen LogP contribution in [0.4, 0.5) is 0 Å². The lowest BCUT2D eigenvalue weighted by Gasteiger charge is -2.20. The number of carbonyl (C=O) groups is 2. The van der Waals surface area contributed by atoms with E-state index in [4.69, 9.17) is 14.5 Å². The number of pyridine rings is 1. The summed E-state index contributed by atoms with van der Waals surface area (Å²) in [5, 5.41) is 5.94. The predicted octanol–water partition coefficient (Wildman–Crippen LogP) is 4.76. The number of ether oxygens (including phenoxy) is 2. The van der Waals surface area contributed by atoms with Gasteiger partial charge in [0.15, 0.2) is 0 Å². The Labute approximate surface area is 186 Å². The van der Waals surface area contributed by atoms with Crippen molar-refractivity contribution in [2.45, 2.75) is 39.8 Å². The van der Waals surface area contributed by atoms with Gasteiger partial charge in [-0.25, -0.2) is 14.6 Å². The number of esters is 2. The molecule has 0 atom stereocenters. The van der Waals surface area contributed by atoms with Gasteiger partial charge in [0.2, 0.25) is 0 Å². The van der Waals surface area contributed by atoms with Gasteiger partial charge in [0.25, 0.3) is 0 Å². The van der Waals surface area contributed by atoms with Crippen LogP contribution >= 0.6 is 0 Å².